The molecule has 112 valence electrons. The molecule has 0 amide bonds. The van der Waals surface area contributed by atoms with Gasteiger partial charge in [0.05, 0.1) is 0 Å². The Morgan fingerprint density at radius 3 is 2.90 bits per heavy atom. The minimum Gasteiger partial charge on any atom is -0.370 e. The lowest BCUT2D eigenvalue weighted by Gasteiger charge is -2.20. The van der Waals surface area contributed by atoms with Gasteiger partial charge in [0.25, 0.3) is 0 Å². The Labute approximate surface area is 126 Å². The smallest absolute Gasteiger partial charge is 0.134 e. The molecule has 0 saturated carbocycles. The first kappa shape index (κ1) is 15.5. The number of anilines is 1. The Bertz CT molecular complexity index is 436. The third-order valence-corrected chi connectivity index (χ3v) is 4.03. The van der Waals surface area contributed by atoms with Crippen LogP contribution in [0.25, 0.3) is 0 Å². The molecule has 5 heteroatoms. The van der Waals surface area contributed by atoms with Gasteiger partial charge in [-0.05, 0) is 39.2 Å². The van der Waals surface area contributed by atoms with Crippen LogP contribution < -0.4 is 5.32 Å². The van der Waals surface area contributed by atoms with Crippen LogP contribution in [0.3, 0.4) is 0 Å². The molecule has 1 N–H and O–H groups in total. The zero-order valence-corrected chi connectivity index (χ0v) is 13.5. The minimum absolute atomic E-state index is 0.529. The van der Waals surface area contributed by atoms with E-state index in [1.165, 1.54) is 19.5 Å². The molecule has 1 atom stereocenters. The maximum absolute atomic E-state index is 6.05. The molecule has 1 fully saturated rings. The molecule has 0 radical (unpaired) electrons. The molecular formula is C15H25ClN4. The molecule has 0 bridgehead atoms. The van der Waals surface area contributed by atoms with Gasteiger partial charge in [0.15, 0.2) is 0 Å². The molecule has 1 aliphatic rings. The summed E-state index contributed by atoms with van der Waals surface area (Å²) in [5.41, 5.74) is 0. The van der Waals surface area contributed by atoms with E-state index in [4.69, 9.17) is 11.6 Å². The monoisotopic (exact) mass is 296 g/mol. The van der Waals surface area contributed by atoms with E-state index in [1.807, 2.05) is 6.07 Å². The number of likely N-dealkylation sites (tertiary alicyclic amines) is 1. The highest BCUT2D eigenvalue weighted by Crippen LogP contribution is 2.19. The number of halogens is 1. The molecule has 1 aromatic heterocycles. The molecule has 2 heterocycles. The lowest BCUT2D eigenvalue weighted by molar-refractivity contribution is 0.266. The Morgan fingerprint density at radius 1 is 1.45 bits per heavy atom. The molecule has 0 aromatic carbocycles. The highest BCUT2D eigenvalue weighted by molar-refractivity contribution is 6.29. The summed E-state index contributed by atoms with van der Waals surface area (Å²) in [6, 6.07) is 2.46. The van der Waals surface area contributed by atoms with E-state index in [9.17, 15) is 0 Å². The molecule has 1 aromatic rings. The van der Waals surface area contributed by atoms with E-state index in [0.717, 1.165) is 31.0 Å². The predicted molar refractivity (Wildman–Crippen MR) is 84.3 cm³/mol. The first-order valence-corrected chi connectivity index (χ1v) is 7.97. The van der Waals surface area contributed by atoms with Crippen LogP contribution in [0.15, 0.2) is 6.07 Å². The maximum Gasteiger partial charge on any atom is 0.134 e. The van der Waals surface area contributed by atoms with Crippen molar-refractivity contribution in [1.29, 1.82) is 0 Å². The summed E-state index contributed by atoms with van der Waals surface area (Å²) < 4.78 is 0. The summed E-state index contributed by atoms with van der Waals surface area (Å²) in [6.45, 7) is 9.98. The Kier molecular flexibility index (Phi) is 5.61. The van der Waals surface area contributed by atoms with Gasteiger partial charge in [-0.1, -0.05) is 18.5 Å². The third-order valence-electron chi connectivity index (χ3n) is 3.83. The second-order valence-corrected chi connectivity index (χ2v) is 6.25. The lowest BCUT2D eigenvalue weighted by atomic mass is 10.1. The average Bonchev–Trinajstić information content (AvgIpc) is 2.85. The summed E-state index contributed by atoms with van der Waals surface area (Å²) in [6.07, 6.45) is 3.16. The van der Waals surface area contributed by atoms with Crippen molar-refractivity contribution in [1.82, 2.24) is 14.9 Å². The van der Waals surface area contributed by atoms with E-state index >= 15 is 0 Å². The van der Waals surface area contributed by atoms with Gasteiger partial charge in [0.1, 0.15) is 16.8 Å². The normalized spacial score (nSPS) is 19.8. The van der Waals surface area contributed by atoms with E-state index in [0.29, 0.717) is 17.1 Å². The minimum atomic E-state index is 0.529. The van der Waals surface area contributed by atoms with Crippen LogP contribution in [-0.4, -0.2) is 40.5 Å². The topological polar surface area (TPSA) is 41.1 Å². The summed E-state index contributed by atoms with van der Waals surface area (Å²) in [4.78, 5) is 11.3. The van der Waals surface area contributed by atoms with Crippen LogP contribution in [0, 0.1) is 5.92 Å². The zero-order chi connectivity index (χ0) is 14.5. The summed E-state index contributed by atoms with van der Waals surface area (Å²) in [5, 5.41) is 3.95. The van der Waals surface area contributed by atoms with Crippen molar-refractivity contribution in [3.05, 3.63) is 17.0 Å². The first-order valence-electron chi connectivity index (χ1n) is 7.60. The highest BCUT2D eigenvalue weighted by atomic mass is 35.5. The molecular weight excluding hydrogens is 272 g/mol. The number of hydrogen-bond acceptors (Lipinski definition) is 4. The number of nitrogens with one attached hydrogen (secondary N) is 1. The van der Waals surface area contributed by atoms with Crippen molar-refractivity contribution in [2.75, 3.05) is 25.0 Å². The number of hydrogen-bond donors (Lipinski definition) is 1. The predicted octanol–water partition coefficient (Wildman–Crippen LogP) is 3.22. The standard InChI is InChI=1S/C15H25ClN4/c1-4-5-14-18-13(16)8-15(19-14)17-9-12-6-7-20(10-12)11(2)3/h8,11-12H,4-7,9-10H2,1-3H3,(H,17,18,19). The van der Waals surface area contributed by atoms with Gasteiger partial charge in [0, 0.05) is 31.6 Å². The lowest BCUT2D eigenvalue weighted by Crippen LogP contribution is -2.29. The maximum atomic E-state index is 6.05. The van der Waals surface area contributed by atoms with Crippen LogP contribution >= 0.6 is 11.6 Å². The van der Waals surface area contributed by atoms with Crippen LogP contribution in [0.1, 0.15) is 39.4 Å². The fraction of sp³-hybridized carbons (Fsp3) is 0.733. The second kappa shape index (κ2) is 7.23. The van der Waals surface area contributed by atoms with Crippen molar-refractivity contribution in [2.45, 2.75) is 46.1 Å². The largest absolute Gasteiger partial charge is 0.370 e. The van der Waals surface area contributed by atoms with E-state index in [1.54, 1.807) is 0 Å². The number of aromatic nitrogens is 2. The van der Waals surface area contributed by atoms with E-state index < -0.39 is 0 Å². The fourth-order valence-electron chi connectivity index (χ4n) is 2.64. The van der Waals surface area contributed by atoms with Crippen LogP contribution in [-0.2, 0) is 6.42 Å². The molecule has 20 heavy (non-hydrogen) atoms. The van der Waals surface area contributed by atoms with E-state index in [2.05, 4.69) is 41.0 Å². The SMILES string of the molecule is CCCc1nc(Cl)cc(NCC2CCN(C(C)C)C2)n1. The van der Waals surface area contributed by atoms with Gasteiger partial charge in [0.2, 0.25) is 0 Å². The van der Waals surface area contributed by atoms with Crippen molar-refractivity contribution in [3.63, 3.8) is 0 Å². The van der Waals surface area contributed by atoms with Gasteiger partial charge in [-0.3, -0.25) is 0 Å². The molecule has 1 aliphatic heterocycles. The summed E-state index contributed by atoms with van der Waals surface area (Å²) >= 11 is 6.05. The molecule has 0 spiro atoms. The van der Waals surface area contributed by atoms with Crippen LogP contribution in [0.5, 0.6) is 0 Å². The number of nitrogens with zero attached hydrogens (tertiary/aromatic N) is 3. The third kappa shape index (κ3) is 4.32. The number of aryl methyl sites for hydroxylation is 1. The van der Waals surface area contributed by atoms with Crippen molar-refractivity contribution >= 4 is 17.4 Å². The zero-order valence-electron chi connectivity index (χ0n) is 12.7. The molecule has 1 unspecified atom stereocenters. The molecule has 4 nitrogen and oxygen atoms in total. The van der Waals surface area contributed by atoms with Crippen LogP contribution in [0.4, 0.5) is 5.82 Å². The summed E-state index contributed by atoms with van der Waals surface area (Å²) in [5.74, 6) is 2.38. The van der Waals surface area contributed by atoms with E-state index in [-0.39, 0.29) is 0 Å². The fourth-order valence-corrected chi connectivity index (χ4v) is 2.84. The van der Waals surface area contributed by atoms with Crippen molar-refractivity contribution < 1.29 is 0 Å². The van der Waals surface area contributed by atoms with Gasteiger partial charge >= 0.3 is 0 Å². The summed E-state index contributed by atoms with van der Waals surface area (Å²) in [7, 11) is 0. The van der Waals surface area contributed by atoms with Gasteiger partial charge in [-0.2, -0.15) is 0 Å². The van der Waals surface area contributed by atoms with Gasteiger partial charge in [-0.25, -0.2) is 9.97 Å². The quantitative estimate of drug-likeness (QED) is 0.818. The van der Waals surface area contributed by atoms with Crippen LogP contribution in [0.2, 0.25) is 5.15 Å². The van der Waals surface area contributed by atoms with Crippen molar-refractivity contribution in [3.8, 4) is 0 Å². The first-order chi connectivity index (χ1) is 9.58. The molecule has 2 rings (SSSR count). The Balaban J connectivity index is 1.88. The van der Waals surface area contributed by atoms with Gasteiger partial charge < -0.3 is 10.2 Å². The van der Waals surface area contributed by atoms with Crippen molar-refractivity contribution in [2.24, 2.45) is 5.92 Å². The van der Waals surface area contributed by atoms with Gasteiger partial charge in [-0.15, -0.1) is 0 Å². The second-order valence-electron chi connectivity index (χ2n) is 5.87. The Hall–Kier alpha value is -0.870. The number of rotatable bonds is 6. The average molecular weight is 297 g/mol. The highest BCUT2D eigenvalue weighted by Gasteiger charge is 2.23. The molecule has 0 aliphatic carbocycles. The Morgan fingerprint density at radius 2 is 2.25 bits per heavy atom. The molecule has 1 saturated heterocycles.